The first-order valence-electron chi connectivity index (χ1n) is 11.2. The van der Waals surface area contributed by atoms with Crippen LogP contribution in [0.15, 0.2) is 24.1 Å². The molecule has 0 spiro atoms. The second-order valence-corrected chi connectivity index (χ2v) is 7.96. The Balaban J connectivity index is 0.00000212. The van der Waals surface area contributed by atoms with Crippen molar-refractivity contribution in [1.29, 1.82) is 0 Å². The van der Waals surface area contributed by atoms with Gasteiger partial charge in [-0.25, -0.2) is 0 Å². The van der Waals surface area contributed by atoms with Crippen LogP contribution in [0.25, 0.3) is 0 Å². The van der Waals surface area contributed by atoms with Crippen molar-refractivity contribution in [2.75, 3.05) is 32.7 Å². The summed E-state index contributed by atoms with van der Waals surface area (Å²) >= 11 is 3.53. The zero-order valence-corrected chi connectivity index (χ0v) is 20.2. The third-order valence-electron chi connectivity index (χ3n) is 5.39. The molecule has 5 N–H and O–H groups in total. The van der Waals surface area contributed by atoms with E-state index in [1.165, 1.54) is 25.7 Å². The number of rotatable bonds is 15. The van der Waals surface area contributed by atoms with Crippen LogP contribution in [0.1, 0.15) is 58.3 Å². The molecule has 0 radical (unpaired) electrons. The molecule has 0 aromatic carbocycles. The molecule has 2 rings (SSSR count). The molecule has 3 unspecified atom stereocenters. The molecule has 0 bridgehead atoms. The molecule has 3 atom stereocenters. The first-order chi connectivity index (χ1) is 15.1. The quantitative estimate of drug-likeness (QED) is 0.188. The Hall–Kier alpha value is -1.06. The number of thiol groups is 1. The van der Waals surface area contributed by atoms with Crippen LogP contribution in [0.3, 0.4) is 0 Å². The fraction of sp³-hybridized carbons (Fsp3) is 0.783. The van der Waals surface area contributed by atoms with Gasteiger partial charge >= 0.3 is 0 Å². The third kappa shape index (κ3) is 13.2. The van der Waals surface area contributed by atoms with Gasteiger partial charge in [-0.3, -0.25) is 0 Å². The van der Waals surface area contributed by atoms with Gasteiger partial charge in [0.15, 0.2) is 0 Å². The lowest BCUT2D eigenvalue weighted by atomic mass is 9.88. The fourth-order valence-corrected chi connectivity index (χ4v) is 3.23. The van der Waals surface area contributed by atoms with E-state index in [1.807, 2.05) is 25.1 Å². The van der Waals surface area contributed by atoms with E-state index in [2.05, 4.69) is 24.9 Å². The number of hydrogen-bond donors (Lipinski definition) is 5. The van der Waals surface area contributed by atoms with Crippen LogP contribution >= 0.6 is 12.6 Å². The Bertz CT molecular complexity index is 502. The Morgan fingerprint density at radius 2 is 2.00 bits per heavy atom. The lowest BCUT2D eigenvalue weighted by Crippen LogP contribution is -2.56. The van der Waals surface area contributed by atoms with Crippen molar-refractivity contribution >= 4 is 19.4 Å². The lowest BCUT2D eigenvalue weighted by Gasteiger charge is -2.35. The second-order valence-electron chi connectivity index (χ2n) is 7.96. The van der Waals surface area contributed by atoms with Crippen molar-refractivity contribution in [3.8, 4) is 0 Å². The lowest BCUT2D eigenvalue weighted by molar-refractivity contribution is -0.0980. The van der Waals surface area contributed by atoms with Crippen molar-refractivity contribution in [3.05, 3.63) is 24.1 Å². The average Bonchev–Trinajstić information content (AvgIpc) is 3.63. The maximum atomic E-state index is 10.8. The Morgan fingerprint density at radius 1 is 1.29 bits per heavy atom. The monoisotopic (exact) mass is 460 g/mol. The second kappa shape index (κ2) is 18.5. The van der Waals surface area contributed by atoms with E-state index in [1.54, 1.807) is 6.26 Å². The summed E-state index contributed by atoms with van der Waals surface area (Å²) in [6.07, 6.45) is 15.9. The number of allylic oxidation sites excluding steroid dienone is 1. The number of ether oxygens (including phenoxy) is 2. The first-order valence-corrected chi connectivity index (χ1v) is 12.1. The average molecular weight is 461 g/mol. The van der Waals surface area contributed by atoms with Gasteiger partial charge in [0.05, 0.1) is 31.9 Å². The van der Waals surface area contributed by atoms with E-state index in [9.17, 15) is 10.2 Å². The van der Waals surface area contributed by atoms with Gasteiger partial charge < -0.3 is 35.5 Å². The van der Waals surface area contributed by atoms with Gasteiger partial charge in [-0.2, -0.15) is 12.6 Å². The highest BCUT2D eigenvalue weighted by Gasteiger charge is 2.36. The normalized spacial score (nSPS) is 20.1. The molecule has 0 aromatic heterocycles. The van der Waals surface area contributed by atoms with Gasteiger partial charge in [-0.05, 0) is 37.2 Å². The molecule has 1 saturated carbocycles. The highest BCUT2D eigenvalue weighted by atomic mass is 32.1. The van der Waals surface area contributed by atoms with Crippen LogP contribution in [0.2, 0.25) is 0 Å². The Kier molecular flexibility index (Phi) is 17.9. The van der Waals surface area contributed by atoms with E-state index >= 15 is 0 Å². The van der Waals surface area contributed by atoms with Crippen LogP contribution in [-0.4, -0.2) is 67.4 Å². The van der Waals surface area contributed by atoms with E-state index in [0.717, 1.165) is 37.5 Å². The summed E-state index contributed by atoms with van der Waals surface area (Å²) in [4.78, 5) is 8.00. The van der Waals surface area contributed by atoms with Crippen molar-refractivity contribution in [1.82, 2.24) is 5.32 Å². The number of aliphatic hydroxyl groups excluding tert-OH is 1. The van der Waals surface area contributed by atoms with Crippen LogP contribution in [0.5, 0.6) is 0 Å². The maximum Gasteiger partial charge on any atom is 0.118 e. The minimum Gasteiger partial charge on any atom is -0.494 e. The summed E-state index contributed by atoms with van der Waals surface area (Å²) in [7, 11) is 0. The molecule has 1 fully saturated rings. The Labute approximate surface area is 193 Å². The van der Waals surface area contributed by atoms with E-state index in [0.29, 0.717) is 13.0 Å². The van der Waals surface area contributed by atoms with Crippen molar-refractivity contribution in [2.45, 2.75) is 76.0 Å². The number of dihydropyridines is 1. The predicted octanol–water partition coefficient (Wildman–Crippen LogP) is 2.57. The molecule has 0 saturated heterocycles. The van der Waals surface area contributed by atoms with Crippen LogP contribution in [-0.2, 0) is 14.3 Å². The zero-order chi connectivity index (χ0) is 23.5. The van der Waals surface area contributed by atoms with E-state index in [-0.39, 0.29) is 12.6 Å². The summed E-state index contributed by atoms with van der Waals surface area (Å²) in [5.74, 6) is 1.65. The highest BCUT2D eigenvalue weighted by molar-refractivity contribution is 7.79. The van der Waals surface area contributed by atoms with Crippen molar-refractivity contribution < 1.29 is 24.5 Å². The standard InChI is InChI=1S/C21H38N2O4.CH2O.CH4S/c1-2-3-4-5-11-26-15-20(22)21(25,16-24)14-18-13-19(8-10-23-18)27-12-9-17-6-7-17;2*1-2/h8,10,13,17-18,20,23-25H,2-7,9,11-12,14-16,22H2,1H3;1H2;2H,1H3. The van der Waals surface area contributed by atoms with Crippen molar-refractivity contribution in [3.63, 3.8) is 0 Å². The molecule has 0 amide bonds. The summed E-state index contributed by atoms with van der Waals surface area (Å²) in [5, 5.41) is 23.8. The fourth-order valence-electron chi connectivity index (χ4n) is 3.23. The SMILES string of the molecule is C=O.CCCCCCOCC(N)C(O)(CO)CC1C=C(OCCC2CC2)C=CN1.CS. The number of aliphatic hydroxyl groups is 2. The number of nitrogens with two attached hydrogens (primary N) is 1. The summed E-state index contributed by atoms with van der Waals surface area (Å²) in [6, 6.07) is -0.785. The molecule has 1 heterocycles. The van der Waals surface area contributed by atoms with Gasteiger partial charge in [0.1, 0.15) is 18.1 Å². The minimum atomic E-state index is -1.40. The van der Waals surface area contributed by atoms with Crippen LogP contribution in [0.4, 0.5) is 0 Å². The van der Waals surface area contributed by atoms with Gasteiger partial charge in [0, 0.05) is 19.2 Å². The molecule has 0 aromatic rings. The topological polar surface area (TPSA) is 114 Å². The van der Waals surface area contributed by atoms with Crippen LogP contribution < -0.4 is 11.1 Å². The molecule has 7 nitrogen and oxygen atoms in total. The smallest absolute Gasteiger partial charge is 0.118 e. The molecule has 8 heteroatoms. The van der Waals surface area contributed by atoms with Gasteiger partial charge in [-0.1, -0.05) is 39.0 Å². The Morgan fingerprint density at radius 3 is 2.61 bits per heavy atom. The molecule has 1 aliphatic carbocycles. The minimum absolute atomic E-state index is 0.140. The molecular formula is C23H44N2O5S. The number of nitrogens with one attached hydrogen (secondary N) is 1. The van der Waals surface area contributed by atoms with Gasteiger partial charge in [-0.15, -0.1) is 0 Å². The largest absolute Gasteiger partial charge is 0.494 e. The van der Waals surface area contributed by atoms with Gasteiger partial charge in [0.25, 0.3) is 0 Å². The zero-order valence-electron chi connectivity index (χ0n) is 19.3. The molecule has 31 heavy (non-hydrogen) atoms. The summed E-state index contributed by atoms with van der Waals surface area (Å²) in [6.45, 7) is 5.37. The first kappa shape index (κ1) is 29.9. The third-order valence-corrected chi connectivity index (χ3v) is 5.39. The number of carbonyl (C=O) groups excluding carboxylic acids is 1. The highest BCUT2D eigenvalue weighted by Crippen LogP contribution is 2.32. The number of carbonyl (C=O) groups is 1. The van der Waals surface area contributed by atoms with Gasteiger partial charge in [0.2, 0.25) is 0 Å². The number of hydrogen-bond acceptors (Lipinski definition) is 8. The number of unbranched alkanes of at least 4 members (excludes halogenated alkanes) is 3. The van der Waals surface area contributed by atoms with Crippen molar-refractivity contribution in [2.24, 2.45) is 11.7 Å². The summed E-state index contributed by atoms with van der Waals surface area (Å²) in [5.41, 5.74) is 4.74. The van der Waals surface area contributed by atoms with Crippen LogP contribution in [0, 0.1) is 5.92 Å². The molecule has 182 valence electrons. The molecule has 2 aliphatic rings. The maximum absolute atomic E-state index is 10.8. The molecule has 1 aliphatic heterocycles. The summed E-state index contributed by atoms with van der Waals surface area (Å²) < 4.78 is 11.4. The molecular weight excluding hydrogens is 416 g/mol. The van der Waals surface area contributed by atoms with E-state index in [4.69, 9.17) is 20.0 Å². The predicted molar refractivity (Wildman–Crippen MR) is 129 cm³/mol. The van der Waals surface area contributed by atoms with E-state index < -0.39 is 18.2 Å².